The van der Waals surface area contributed by atoms with Gasteiger partial charge in [0.2, 0.25) is 0 Å². The van der Waals surface area contributed by atoms with Crippen molar-refractivity contribution in [3.05, 3.63) is 29.8 Å². The van der Waals surface area contributed by atoms with Crippen molar-refractivity contribution in [2.24, 2.45) is 0 Å². The Morgan fingerprint density at radius 2 is 2.06 bits per heavy atom. The number of aromatic carboxylic acids is 1. The lowest BCUT2D eigenvalue weighted by Gasteiger charge is -2.16. The SMILES string of the molecule is CCOC(=O)C(CC)Oc1cccc(C(=O)O)c1. The van der Waals surface area contributed by atoms with Gasteiger partial charge in [0.05, 0.1) is 12.2 Å². The highest BCUT2D eigenvalue weighted by Gasteiger charge is 2.19. The summed E-state index contributed by atoms with van der Waals surface area (Å²) in [6.45, 7) is 3.80. The van der Waals surface area contributed by atoms with Gasteiger partial charge in [-0.3, -0.25) is 0 Å². The first-order chi connectivity index (χ1) is 8.58. The van der Waals surface area contributed by atoms with Gasteiger partial charge in [-0.2, -0.15) is 0 Å². The lowest BCUT2D eigenvalue weighted by Crippen LogP contribution is -2.28. The van der Waals surface area contributed by atoms with E-state index < -0.39 is 18.0 Å². The van der Waals surface area contributed by atoms with Gasteiger partial charge < -0.3 is 14.6 Å². The van der Waals surface area contributed by atoms with Crippen LogP contribution in [0.1, 0.15) is 30.6 Å². The lowest BCUT2D eigenvalue weighted by atomic mass is 10.2. The standard InChI is InChI=1S/C13H16O5/c1-3-11(13(16)17-4-2)18-10-7-5-6-9(8-10)12(14)15/h5-8,11H,3-4H2,1-2H3,(H,14,15). The maximum atomic E-state index is 11.5. The monoisotopic (exact) mass is 252 g/mol. The number of carbonyl (C=O) groups is 2. The molecule has 5 heteroatoms. The molecule has 1 unspecified atom stereocenters. The predicted octanol–water partition coefficient (Wildman–Crippen LogP) is 2.11. The first kappa shape index (κ1) is 14.0. The number of carboxylic acid groups (broad SMARTS) is 1. The van der Waals surface area contributed by atoms with E-state index in [0.717, 1.165) is 0 Å². The molecule has 0 amide bonds. The number of ether oxygens (including phenoxy) is 2. The number of carboxylic acids is 1. The van der Waals surface area contributed by atoms with Gasteiger partial charge in [-0.15, -0.1) is 0 Å². The number of hydrogen-bond acceptors (Lipinski definition) is 4. The minimum Gasteiger partial charge on any atom is -0.479 e. The van der Waals surface area contributed by atoms with Crippen LogP contribution in [0.4, 0.5) is 0 Å². The molecule has 18 heavy (non-hydrogen) atoms. The molecule has 0 fully saturated rings. The Morgan fingerprint density at radius 1 is 1.33 bits per heavy atom. The average molecular weight is 252 g/mol. The molecule has 0 aromatic heterocycles. The third-order valence-corrected chi connectivity index (χ3v) is 2.28. The first-order valence-electron chi connectivity index (χ1n) is 5.75. The Morgan fingerprint density at radius 3 is 2.61 bits per heavy atom. The molecule has 0 radical (unpaired) electrons. The smallest absolute Gasteiger partial charge is 0.347 e. The zero-order valence-corrected chi connectivity index (χ0v) is 10.4. The van der Waals surface area contributed by atoms with Crippen LogP contribution in [0.15, 0.2) is 24.3 Å². The highest BCUT2D eigenvalue weighted by molar-refractivity contribution is 5.88. The predicted molar refractivity (Wildman–Crippen MR) is 64.7 cm³/mol. The van der Waals surface area contributed by atoms with Gasteiger partial charge in [0, 0.05) is 0 Å². The van der Waals surface area contributed by atoms with E-state index in [1.807, 2.05) is 0 Å². The Bertz CT molecular complexity index is 427. The van der Waals surface area contributed by atoms with Crippen LogP contribution in [0.5, 0.6) is 5.75 Å². The molecule has 0 saturated carbocycles. The van der Waals surface area contributed by atoms with Gasteiger partial charge in [0.1, 0.15) is 5.75 Å². The van der Waals surface area contributed by atoms with Crippen molar-refractivity contribution in [2.45, 2.75) is 26.4 Å². The molecule has 98 valence electrons. The van der Waals surface area contributed by atoms with Gasteiger partial charge in [-0.1, -0.05) is 13.0 Å². The van der Waals surface area contributed by atoms with Crippen LogP contribution in [0.2, 0.25) is 0 Å². The molecule has 1 atom stereocenters. The number of esters is 1. The van der Waals surface area contributed by atoms with Crippen LogP contribution in [-0.2, 0) is 9.53 Å². The van der Waals surface area contributed by atoms with Crippen molar-refractivity contribution < 1.29 is 24.2 Å². The van der Waals surface area contributed by atoms with E-state index in [0.29, 0.717) is 12.2 Å². The Hall–Kier alpha value is -2.04. The molecule has 0 aliphatic rings. The summed E-state index contributed by atoms with van der Waals surface area (Å²) in [6.07, 6.45) is -0.259. The van der Waals surface area contributed by atoms with Crippen LogP contribution in [-0.4, -0.2) is 29.8 Å². The van der Waals surface area contributed by atoms with Crippen molar-refractivity contribution in [1.29, 1.82) is 0 Å². The molecule has 1 N–H and O–H groups in total. The van der Waals surface area contributed by atoms with E-state index in [1.165, 1.54) is 12.1 Å². The zero-order valence-electron chi connectivity index (χ0n) is 10.4. The third kappa shape index (κ3) is 3.76. The summed E-state index contributed by atoms with van der Waals surface area (Å²) < 4.78 is 10.3. The third-order valence-electron chi connectivity index (χ3n) is 2.28. The number of rotatable bonds is 6. The Labute approximate surface area is 105 Å². The minimum atomic E-state index is -1.04. The van der Waals surface area contributed by atoms with Gasteiger partial charge in [-0.25, -0.2) is 9.59 Å². The summed E-state index contributed by atoms with van der Waals surface area (Å²) in [6, 6.07) is 6.01. The molecule has 1 aromatic rings. The fourth-order valence-electron chi connectivity index (χ4n) is 1.40. The lowest BCUT2D eigenvalue weighted by molar-refractivity contribution is -0.151. The molecular formula is C13H16O5. The van der Waals surface area contributed by atoms with Crippen LogP contribution >= 0.6 is 0 Å². The van der Waals surface area contributed by atoms with Crippen molar-refractivity contribution in [3.8, 4) is 5.75 Å². The van der Waals surface area contributed by atoms with E-state index in [4.69, 9.17) is 14.6 Å². The quantitative estimate of drug-likeness (QED) is 0.785. The van der Waals surface area contributed by atoms with E-state index >= 15 is 0 Å². The zero-order chi connectivity index (χ0) is 13.5. The van der Waals surface area contributed by atoms with E-state index in [1.54, 1.807) is 26.0 Å². The van der Waals surface area contributed by atoms with Crippen LogP contribution in [0, 0.1) is 0 Å². The normalized spacial score (nSPS) is 11.7. The van der Waals surface area contributed by atoms with Crippen molar-refractivity contribution >= 4 is 11.9 Å². The maximum absolute atomic E-state index is 11.5. The highest BCUT2D eigenvalue weighted by Crippen LogP contribution is 2.16. The van der Waals surface area contributed by atoms with Gasteiger partial charge >= 0.3 is 11.9 Å². The Balaban J connectivity index is 2.78. The fraction of sp³-hybridized carbons (Fsp3) is 0.385. The summed E-state index contributed by atoms with van der Waals surface area (Å²) in [5, 5.41) is 8.85. The summed E-state index contributed by atoms with van der Waals surface area (Å²) >= 11 is 0. The number of hydrogen-bond donors (Lipinski definition) is 1. The second-order valence-electron chi connectivity index (χ2n) is 3.60. The number of carbonyl (C=O) groups excluding carboxylic acids is 1. The highest BCUT2D eigenvalue weighted by atomic mass is 16.6. The van der Waals surface area contributed by atoms with Crippen molar-refractivity contribution in [2.75, 3.05) is 6.61 Å². The van der Waals surface area contributed by atoms with Crippen LogP contribution in [0.3, 0.4) is 0 Å². The van der Waals surface area contributed by atoms with Gasteiger partial charge in [0.25, 0.3) is 0 Å². The second-order valence-corrected chi connectivity index (χ2v) is 3.60. The summed E-state index contributed by atoms with van der Waals surface area (Å²) in [4.78, 5) is 22.3. The summed E-state index contributed by atoms with van der Waals surface area (Å²) in [5.74, 6) is -1.14. The van der Waals surface area contributed by atoms with Gasteiger partial charge in [0.15, 0.2) is 6.10 Å². The molecule has 5 nitrogen and oxygen atoms in total. The molecule has 0 aliphatic carbocycles. The topological polar surface area (TPSA) is 72.8 Å². The molecule has 0 heterocycles. The summed E-state index contributed by atoms with van der Waals surface area (Å²) in [7, 11) is 0. The molecule has 0 aliphatic heterocycles. The minimum absolute atomic E-state index is 0.117. The van der Waals surface area contributed by atoms with Crippen LogP contribution in [0.25, 0.3) is 0 Å². The average Bonchev–Trinajstić information content (AvgIpc) is 2.36. The van der Waals surface area contributed by atoms with E-state index in [2.05, 4.69) is 0 Å². The first-order valence-corrected chi connectivity index (χ1v) is 5.75. The Kier molecular flexibility index (Phi) is 5.17. The molecule has 0 saturated heterocycles. The van der Waals surface area contributed by atoms with E-state index in [9.17, 15) is 9.59 Å². The molecule has 1 rings (SSSR count). The van der Waals surface area contributed by atoms with Crippen molar-refractivity contribution in [3.63, 3.8) is 0 Å². The second kappa shape index (κ2) is 6.64. The van der Waals surface area contributed by atoms with Crippen LogP contribution < -0.4 is 4.74 Å². The summed E-state index contributed by atoms with van der Waals surface area (Å²) in [5.41, 5.74) is 0.117. The molecule has 0 bridgehead atoms. The molecular weight excluding hydrogens is 236 g/mol. The van der Waals surface area contributed by atoms with Gasteiger partial charge in [-0.05, 0) is 31.5 Å². The number of benzene rings is 1. The fourth-order valence-corrected chi connectivity index (χ4v) is 1.40. The molecule has 1 aromatic carbocycles. The largest absolute Gasteiger partial charge is 0.479 e. The van der Waals surface area contributed by atoms with E-state index in [-0.39, 0.29) is 12.2 Å². The van der Waals surface area contributed by atoms with Crippen molar-refractivity contribution in [1.82, 2.24) is 0 Å². The maximum Gasteiger partial charge on any atom is 0.347 e. The molecule has 0 spiro atoms.